The number of phenols is 1. The number of nitrogens with one attached hydrogen (secondary N) is 1. The van der Waals surface area contributed by atoms with E-state index in [2.05, 4.69) is 39.5 Å². The van der Waals surface area contributed by atoms with Crippen molar-refractivity contribution in [3.8, 4) is 5.75 Å². The Kier molecular flexibility index (Phi) is 4.94. The van der Waals surface area contributed by atoms with E-state index < -0.39 is 0 Å². The van der Waals surface area contributed by atoms with Crippen molar-refractivity contribution in [3.63, 3.8) is 0 Å². The van der Waals surface area contributed by atoms with Crippen LogP contribution in [0.15, 0.2) is 42.6 Å². The van der Waals surface area contributed by atoms with Crippen molar-refractivity contribution in [2.75, 3.05) is 36.5 Å². The summed E-state index contributed by atoms with van der Waals surface area (Å²) >= 11 is 0. The molecule has 1 aromatic heterocycles. The topological polar surface area (TPSA) is 70.5 Å². The molecule has 2 aromatic carbocycles. The van der Waals surface area contributed by atoms with E-state index in [-0.39, 0.29) is 0 Å². The molecule has 150 valence electrons. The predicted molar refractivity (Wildman–Crippen MR) is 115 cm³/mol. The molecule has 6 nitrogen and oxygen atoms in total. The second kappa shape index (κ2) is 7.87. The van der Waals surface area contributed by atoms with Crippen LogP contribution in [0.25, 0.3) is 10.9 Å². The lowest BCUT2D eigenvalue weighted by atomic mass is 9.94. The molecule has 1 aliphatic heterocycles. The average Bonchev–Trinajstić information content (AvgIpc) is 3.29. The molecule has 1 saturated heterocycles. The van der Waals surface area contributed by atoms with Gasteiger partial charge in [0.25, 0.3) is 0 Å². The second-order valence-corrected chi connectivity index (χ2v) is 7.88. The van der Waals surface area contributed by atoms with Crippen LogP contribution in [0, 0.1) is 0 Å². The minimum absolute atomic E-state index is 0.351. The summed E-state index contributed by atoms with van der Waals surface area (Å²) in [6.45, 7) is 3.41. The first-order chi connectivity index (χ1) is 14.3. The molecule has 2 heterocycles. The van der Waals surface area contributed by atoms with E-state index in [0.29, 0.717) is 17.6 Å². The molecule has 29 heavy (non-hydrogen) atoms. The molecule has 0 unspecified atom stereocenters. The maximum absolute atomic E-state index is 10.5. The Balaban J connectivity index is 1.41. The van der Waals surface area contributed by atoms with Gasteiger partial charge in [0.1, 0.15) is 5.75 Å². The standard InChI is InChI=1S/C23H26N4O2/c28-20-10-5-17-15-24-23(26-22(17)21(20)16-3-1-2-4-16)25-18-6-8-19(9-7-18)27-11-13-29-14-12-27/h5-10,15-16,28H,1-4,11-14H2,(H,24,25,26). The van der Waals surface area contributed by atoms with Crippen LogP contribution in [0.2, 0.25) is 0 Å². The Morgan fingerprint density at radius 1 is 1.00 bits per heavy atom. The quantitative estimate of drug-likeness (QED) is 0.680. The molecule has 3 aromatic rings. The molecule has 2 aliphatic rings. The molecule has 0 amide bonds. The fourth-order valence-electron chi connectivity index (χ4n) is 4.49. The van der Waals surface area contributed by atoms with E-state index in [1.165, 1.54) is 18.5 Å². The van der Waals surface area contributed by atoms with Crippen molar-refractivity contribution in [2.24, 2.45) is 0 Å². The number of hydrogen-bond donors (Lipinski definition) is 2. The number of aromatic hydroxyl groups is 1. The van der Waals surface area contributed by atoms with Crippen LogP contribution in [-0.2, 0) is 4.74 Å². The molecule has 1 aliphatic carbocycles. The van der Waals surface area contributed by atoms with Crippen LogP contribution in [0.4, 0.5) is 17.3 Å². The summed E-state index contributed by atoms with van der Waals surface area (Å²) in [6, 6.07) is 12.0. The van der Waals surface area contributed by atoms with Crippen LogP contribution >= 0.6 is 0 Å². The van der Waals surface area contributed by atoms with Crippen molar-refractivity contribution < 1.29 is 9.84 Å². The highest BCUT2D eigenvalue weighted by atomic mass is 16.5. The molecule has 1 saturated carbocycles. The Morgan fingerprint density at radius 2 is 1.76 bits per heavy atom. The highest BCUT2D eigenvalue weighted by Gasteiger charge is 2.23. The molecule has 6 heteroatoms. The van der Waals surface area contributed by atoms with Crippen molar-refractivity contribution in [1.82, 2.24) is 9.97 Å². The minimum Gasteiger partial charge on any atom is -0.508 e. The number of hydrogen-bond acceptors (Lipinski definition) is 6. The summed E-state index contributed by atoms with van der Waals surface area (Å²) in [6.07, 6.45) is 6.49. The van der Waals surface area contributed by atoms with Crippen LogP contribution in [0.1, 0.15) is 37.2 Å². The van der Waals surface area contributed by atoms with E-state index in [9.17, 15) is 5.11 Å². The predicted octanol–water partition coefficient (Wildman–Crippen LogP) is 4.57. The third kappa shape index (κ3) is 3.72. The monoisotopic (exact) mass is 390 g/mol. The number of phenolic OH excluding ortho intramolecular Hbond substituents is 1. The lowest BCUT2D eigenvalue weighted by molar-refractivity contribution is 0.122. The summed E-state index contributed by atoms with van der Waals surface area (Å²) < 4.78 is 5.43. The van der Waals surface area contributed by atoms with Crippen molar-refractivity contribution in [3.05, 3.63) is 48.2 Å². The molecule has 0 bridgehead atoms. The number of benzene rings is 2. The number of morpholine rings is 1. The number of ether oxygens (including phenoxy) is 1. The molecule has 2 fully saturated rings. The first-order valence-electron chi connectivity index (χ1n) is 10.5. The van der Waals surface area contributed by atoms with Gasteiger partial charge in [-0.25, -0.2) is 9.97 Å². The van der Waals surface area contributed by atoms with Gasteiger partial charge in [-0.3, -0.25) is 0 Å². The smallest absolute Gasteiger partial charge is 0.227 e. The fourth-order valence-corrected chi connectivity index (χ4v) is 4.49. The van der Waals surface area contributed by atoms with Gasteiger partial charge in [-0.1, -0.05) is 12.8 Å². The van der Waals surface area contributed by atoms with Gasteiger partial charge in [0.15, 0.2) is 0 Å². The number of fused-ring (bicyclic) bond motifs is 1. The van der Waals surface area contributed by atoms with Gasteiger partial charge in [-0.15, -0.1) is 0 Å². The molecule has 0 spiro atoms. The third-order valence-corrected chi connectivity index (χ3v) is 6.03. The van der Waals surface area contributed by atoms with Gasteiger partial charge in [0.2, 0.25) is 5.95 Å². The highest BCUT2D eigenvalue weighted by Crippen LogP contribution is 2.41. The zero-order valence-electron chi connectivity index (χ0n) is 16.5. The van der Waals surface area contributed by atoms with Crippen molar-refractivity contribution in [1.29, 1.82) is 0 Å². The second-order valence-electron chi connectivity index (χ2n) is 7.88. The molecular weight excluding hydrogens is 364 g/mol. The zero-order chi connectivity index (χ0) is 19.6. The Bertz CT molecular complexity index is 994. The summed E-state index contributed by atoms with van der Waals surface area (Å²) in [5.74, 6) is 1.29. The molecule has 5 rings (SSSR count). The summed E-state index contributed by atoms with van der Waals surface area (Å²) in [5, 5.41) is 14.8. The Morgan fingerprint density at radius 3 is 2.52 bits per heavy atom. The number of nitrogens with zero attached hydrogens (tertiary/aromatic N) is 3. The van der Waals surface area contributed by atoms with E-state index in [4.69, 9.17) is 9.72 Å². The fraction of sp³-hybridized carbons (Fsp3) is 0.391. The van der Waals surface area contributed by atoms with Crippen molar-refractivity contribution >= 4 is 28.2 Å². The molecular formula is C23H26N4O2. The third-order valence-electron chi connectivity index (χ3n) is 6.03. The van der Waals surface area contributed by atoms with Gasteiger partial charge >= 0.3 is 0 Å². The number of aromatic nitrogens is 2. The summed E-state index contributed by atoms with van der Waals surface area (Å²) in [4.78, 5) is 11.6. The molecule has 0 radical (unpaired) electrons. The van der Waals surface area contributed by atoms with Gasteiger partial charge in [0.05, 0.1) is 18.7 Å². The van der Waals surface area contributed by atoms with E-state index in [1.54, 1.807) is 6.07 Å². The van der Waals surface area contributed by atoms with Gasteiger partial charge in [0, 0.05) is 41.6 Å². The van der Waals surface area contributed by atoms with E-state index in [1.807, 2.05) is 12.3 Å². The SMILES string of the molecule is Oc1ccc2cnc(Nc3ccc(N4CCOCC4)cc3)nc2c1C1CCCC1. The van der Waals surface area contributed by atoms with Crippen LogP contribution in [0.3, 0.4) is 0 Å². The Hall–Kier alpha value is -2.86. The van der Waals surface area contributed by atoms with Gasteiger partial charge in [-0.2, -0.15) is 0 Å². The Labute approximate surface area is 170 Å². The minimum atomic E-state index is 0.351. The highest BCUT2D eigenvalue weighted by molar-refractivity contribution is 5.85. The zero-order valence-corrected chi connectivity index (χ0v) is 16.5. The normalized spacial score (nSPS) is 17.7. The molecule has 2 N–H and O–H groups in total. The number of anilines is 3. The van der Waals surface area contributed by atoms with E-state index >= 15 is 0 Å². The average molecular weight is 390 g/mol. The summed E-state index contributed by atoms with van der Waals surface area (Å²) in [7, 11) is 0. The molecule has 0 atom stereocenters. The van der Waals surface area contributed by atoms with Crippen molar-refractivity contribution in [2.45, 2.75) is 31.6 Å². The number of rotatable bonds is 4. The maximum Gasteiger partial charge on any atom is 0.227 e. The van der Waals surface area contributed by atoms with Gasteiger partial charge in [-0.05, 0) is 55.2 Å². The van der Waals surface area contributed by atoms with Crippen LogP contribution in [0.5, 0.6) is 5.75 Å². The lowest BCUT2D eigenvalue weighted by Crippen LogP contribution is -2.36. The largest absolute Gasteiger partial charge is 0.508 e. The van der Waals surface area contributed by atoms with Crippen LogP contribution in [-0.4, -0.2) is 41.4 Å². The lowest BCUT2D eigenvalue weighted by Gasteiger charge is -2.28. The summed E-state index contributed by atoms with van der Waals surface area (Å²) in [5.41, 5.74) is 3.99. The maximum atomic E-state index is 10.5. The van der Waals surface area contributed by atoms with Crippen LogP contribution < -0.4 is 10.2 Å². The van der Waals surface area contributed by atoms with Gasteiger partial charge < -0.3 is 20.1 Å². The first-order valence-corrected chi connectivity index (χ1v) is 10.5. The first kappa shape index (κ1) is 18.2. The van der Waals surface area contributed by atoms with E-state index in [0.717, 1.165) is 61.3 Å².